The Morgan fingerprint density at radius 3 is 1.85 bits per heavy atom. The van der Waals surface area contributed by atoms with Gasteiger partial charge in [-0.05, 0) is 13.1 Å². The predicted octanol–water partition coefficient (Wildman–Crippen LogP) is 1.16. The molecule has 0 aliphatic carbocycles. The second-order valence-corrected chi connectivity index (χ2v) is 5.68. The van der Waals surface area contributed by atoms with Crippen molar-refractivity contribution in [3.8, 4) is 0 Å². The quantitative estimate of drug-likeness (QED) is 0.463. The topological polar surface area (TPSA) is 30.9 Å². The van der Waals surface area contributed by atoms with Crippen LogP contribution in [0.3, 0.4) is 0 Å². The summed E-state index contributed by atoms with van der Waals surface area (Å²) in [5.74, 6) is 0. The van der Waals surface area contributed by atoms with Crippen molar-refractivity contribution in [1.82, 2.24) is 4.90 Å². The molecule has 0 saturated heterocycles. The van der Waals surface area contributed by atoms with Crippen LogP contribution in [0.2, 0.25) is 6.55 Å². The van der Waals surface area contributed by atoms with Crippen LogP contribution in [0.1, 0.15) is 13.8 Å². The molecule has 0 radical (unpaired) electrons. The third-order valence-electron chi connectivity index (χ3n) is 2.15. The highest BCUT2D eigenvalue weighted by molar-refractivity contribution is 6.59. The lowest BCUT2D eigenvalue weighted by Crippen LogP contribution is -2.43. The van der Waals surface area contributed by atoms with Crippen LogP contribution in [-0.4, -0.2) is 47.7 Å². The molecule has 0 heterocycles. The Bertz CT molecular complexity index is 127. The average Bonchev–Trinajstić information content (AvgIpc) is 2.19. The lowest BCUT2D eigenvalue weighted by atomic mass is 10.6. The van der Waals surface area contributed by atoms with Crippen LogP contribution in [0.15, 0.2) is 0 Å². The molecular formula is C8H21NO3Si. The minimum Gasteiger partial charge on any atom is -0.377 e. The summed E-state index contributed by atoms with van der Waals surface area (Å²) in [5.41, 5.74) is 0. The van der Waals surface area contributed by atoms with Crippen LogP contribution in [0, 0.1) is 0 Å². The fraction of sp³-hybridized carbons (Fsp3) is 1.00. The van der Waals surface area contributed by atoms with Crippen molar-refractivity contribution < 1.29 is 13.3 Å². The van der Waals surface area contributed by atoms with E-state index in [0.717, 1.165) is 13.1 Å². The zero-order valence-electron chi connectivity index (χ0n) is 9.29. The monoisotopic (exact) mass is 207 g/mol. The number of hydrogen-bond donors (Lipinski definition) is 0. The Kier molecular flexibility index (Phi) is 6.53. The second kappa shape index (κ2) is 6.50. The molecule has 0 unspecified atom stereocenters. The Labute approximate surface area is 82.1 Å². The standard InChI is InChI=1S/C8H21NO3Si/c1-6-9(7-2)8-12-13(5,10-3)11-4/h6-8H2,1-5H3. The van der Waals surface area contributed by atoms with Gasteiger partial charge < -0.3 is 13.3 Å². The molecular weight excluding hydrogens is 186 g/mol. The molecule has 0 atom stereocenters. The van der Waals surface area contributed by atoms with Gasteiger partial charge in [0.05, 0.1) is 6.73 Å². The maximum absolute atomic E-state index is 5.59. The van der Waals surface area contributed by atoms with Gasteiger partial charge in [0.15, 0.2) is 0 Å². The minimum atomic E-state index is -2.33. The zero-order valence-corrected chi connectivity index (χ0v) is 10.3. The van der Waals surface area contributed by atoms with Crippen molar-refractivity contribution in [3.05, 3.63) is 0 Å². The fourth-order valence-electron chi connectivity index (χ4n) is 0.816. The molecule has 0 aromatic carbocycles. The first-order valence-corrected chi connectivity index (χ1v) is 6.81. The molecule has 0 spiro atoms. The summed E-state index contributed by atoms with van der Waals surface area (Å²) in [4.78, 5) is 2.17. The van der Waals surface area contributed by atoms with E-state index in [4.69, 9.17) is 13.3 Å². The third kappa shape index (κ3) is 4.73. The highest BCUT2D eigenvalue weighted by Gasteiger charge is 2.32. The first kappa shape index (κ1) is 13.1. The normalized spacial score (nSPS) is 12.5. The van der Waals surface area contributed by atoms with E-state index >= 15 is 0 Å². The van der Waals surface area contributed by atoms with Crippen molar-refractivity contribution in [2.75, 3.05) is 34.0 Å². The zero-order chi connectivity index (χ0) is 10.3. The van der Waals surface area contributed by atoms with Gasteiger partial charge in [-0.1, -0.05) is 13.8 Å². The average molecular weight is 207 g/mol. The molecule has 80 valence electrons. The molecule has 0 fully saturated rings. The highest BCUT2D eigenvalue weighted by Crippen LogP contribution is 2.06. The van der Waals surface area contributed by atoms with Crippen LogP contribution in [0.5, 0.6) is 0 Å². The van der Waals surface area contributed by atoms with Gasteiger partial charge in [-0.25, -0.2) is 0 Å². The molecule has 4 nitrogen and oxygen atoms in total. The summed E-state index contributed by atoms with van der Waals surface area (Å²) in [6, 6.07) is 0. The molecule has 0 amide bonds. The van der Waals surface area contributed by atoms with Crippen LogP contribution in [-0.2, 0) is 13.3 Å². The Morgan fingerprint density at radius 1 is 1.08 bits per heavy atom. The number of hydrogen-bond acceptors (Lipinski definition) is 4. The summed E-state index contributed by atoms with van der Waals surface area (Å²) >= 11 is 0. The molecule has 0 rings (SSSR count). The van der Waals surface area contributed by atoms with Crippen molar-refractivity contribution in [2.24, 2.45) is 0 Å². The van der Waals surface area contributed by atoms with Crippen LogP contribution < -0.4 is 0 Å². The summed E-state index contributed by atoms with van der Waals surface area (Å²) in [7, 11) is 0.912. The number of rotatable bonds is 7. The van der Waals surface area contributed by atoms with E-state index in [9.17, 15) is 0 Å². The van der Waals surface area contributed by atoms with E-state index in [-0.39, 0.29) is 0 Å². The van der Waals surface area contributed by atoms with E-state index in [1.54, 1.807) is 14.2 Å². The maximum Gasteiger partial charge on any atom is 0.498 e. The lowest BCUT2D eigenvalue weighted by molar-refractivity contribution is 0.0462. The Morgan fingerprint density at radius 2 is 1.54 bits per heavy atom. The number of nitrogens with zero attached hydrogens (tertiary/aromatic N) is 1. The molecule has 0 saturated carbocycles. The van der Waals surface area contributed by atoms with Crippen LogP contribution in [0.25, 0.3) is 0 Å². The molecule has 0 aliphatic rings. The van der Waals surface area contributed by atoms with Gasteiger partial charge in [0, 0.05) is 20.8 Å². The van der Waals surface area contributed by atoms with Gasteiger partial charge >= 0.3 is 8.80 Å². The largest absolute Gasteiger partial charge is 0.498 e. The highest BCUT2D eigenvalue weighted by atomic mass is 28.4. The van der Waals surface area contributed by atoms with Crippen molar-refractivity contribution in [2.45, 2.75) is 20.4 Å². The molecule has 0 aromatic heterocycles. The molecule has 0 N–H and O–H groups in total. The Balaban J connectivity index is 3.83. The summed E-state index contributed by atoms with van der Waals surface area (Å²) in [6.45, 7) is 8.63. The van der Waals surface area contributed by atoms with E-state index in [0.29, 0.717) is 6.73 Å². The summed E-state index contributed by atoms with van der Waals surface area (Å²) in [5, 5.41) is 0. The van der Waals surface area contributed by atoms with E-state index in [2.05, 4.69) is 18.7 Å². The third-order valence-corrected chi connectivity index (χ3v) is 4.28. The fourth-order valence-corrected chi connectivity index (χ4v) is 1.64. The van der Waals surface area contributed by atoms with Crippen molar-refractivity contribution >= 4 is 8.80 Å². The van der Waals surface area contributed by atoms with E-state index in [1.165, 1.54) is 0 Å². The van der Waals surface area contributed by atoms with Crippen molar-refractivity contribution in [1.29, 1.82) is 0 Å². The van der Waals surface area contributed by atoms with Crippen molar-refractivity contribution in [3.63, 3.8) is 0 Å². The van der Waals surface area contributed by atoms with Gasteiger partial charge in [0.25, 0.3) is 0 Å². The Hall–Kier alpha value is 0.0569. The van der Waals surface area contributed by atoms with Gasteiger partial charge in [-0.3, -0.25) is 4.90 Å². The molecule has 0 aliphatic heterocycles. The van der Waals surface area contributed by atoms with E-state index < -0.39 is 8.80 Å². The van der Waals surface area contributed by atoms with Gasteiger partial charge in [-0.2, -0.15) is 0 Å². The van der Waals surface area contributed by atoms with Gasteiger partial charge in [0.1, 0.15) is 0 Å². The van der Waals surface area contributed by atoms with Crippen LogP contribution >= 0.6 is 0 Å². The van der Waals surface area contributed by atoms with Crippen LogP contribution in [0.4, 0.5) is 0 Å². The first-order chi connectivity index (χ1) is 6.11. The molecule has 0 aromatic rings. The predicted molar refractivity (Wildman–Crippen MR) is 54.5 cm³/mol. The molecule has 0 bridgehead atoms. The summed E-state index contributed by atoms with van der Waals surface area (Å²) in [6.07, 6.45) is 0. The smallest absolute Gasteiger partial charge is 0.377 e. The second-order valence-electron chi connectivity index (χ2n) is 2.85. The maximum atomic E-state index is 5.59. The first-order valence-electron chi connectivity index (χ1n) is 4.58. The molecule has 5 heteroatoms. The minimum absolute atomic E-state index is 0.581. The SMILES string of the molecule is CCN(CC)CO[Si](C)(OC)OC. The molecule has 13 heavy (non-hydrogen) atoms. The van der Waals surface area contributed by atoms with Gasteiger partial charge in [-0.15, -0.1) is 0 Å². The summed E-state index contributed by atoms with van der Waals surface area (Å²) < 4.78 is 16.0. The lowest BCUT2D eigenvalue weighted by Gasteiger charge is -2.26. The van der Waals surface area contributed by atoms with E-state index in [1.807, 2.05) is 6.55 Å². The van der Waals surface area contributed by atoms with Gasteiger partial charge in [0.2, 0.25) is 0 Å².